The number of nitrogens with zero attached hydrogens (tertiary/aromatic N) is 3. The molecule has 124 valence electrons. The number of rotatable bonds is 2. The van der Waals surface area contributed by atoms with Gasteiger partial charge in [0, 0.05) is 18.0 Å². The minimum atomic E-state index is -0.147. The van der Waals surface area contributed by atoms with Gasteiger partial charge in [0.1, 0.15) is 16.5 Å². The molecule has 0 aromatic carbocycles. The first-order valence-corrected chi connectivity index (χ1v) is 9.39. The van der Waals surface area contributed by atoms with E-state index in [-0.39, 0.29) is 6.10 Å². The van der Waals surface area contributed by atoms with Gasteiger partial charge in [0.05, 0.1) is 18.0 Å². The Bertz CT molecular complexity index is 721. The monoisotopic (exact) mass is 332 g/mol. The van der Waals surface area contributed by atoms with Crippen LogP contribution in [-0.4, -0.2) is 39.2 Å². The third-order valence-electron chi connectivity index (χ3n) is 5.15. The van der Waals surface area contributed by atoms with Gasteiger partial charge in [0.15, 0.2) is 0 Å². The Labute approximate surface area is 140 Å². The molecular weight excluding hydrogens is 308 g/mol. The van der Waals surface area contributed by atoms with Crippen LogP contribution in [0.5, 0.6) is 0 Å². The lowest BCUT2D eigenvalue weighted by molar-refractivity contribution is 0.0781. The van der Waals surface area contributed by atoms with E-state index in [2.05, 4.69) is 16.8 Å². The summed E-state index contributed by atoms with van der Waals surface area (Å²) < 4.78 is 0. The summed E-state index contributed by atoms with van der Waals surface area (Å²) in [6.07, 6.45) is 5.01. The van der Waals surface area contributed by atoms with E-state index in [9.17, 15) is 5.11 Å². The second-order valence-corrected chi connectivity index (χ2v) is 8.15. The molecule has 1 aliphatic carbocycles. The van der Waals surface area contributed by atoms with Crippen molar-refractivity contribution in [1.82, 2.24) is 14.9 Å². The number of aryl methyl sites for hydroxylation is 1. The lowest BCUT2D eigenvalue weighted by atomic mass is 9.89. The van der Waals surface area contributed by atoms with E-state index in [1.54, 1.807) is 11.3 Å². The highest BCUT2D eigenvalue weighted by atomic mass is 32.1. The van der Waals surface area contributed by atoms with Crippen molar-refractivity contribution in [2.75, 3.05) is 18.8 Å². The van der Waals surface area contributed by atoms with Gasteiger partial charge in [0.2, 0.25) is 0 Å². The highest BCUT2D eigenvalue weighted by Gasteiger charge is 2.24. The van der Waals surface area contributed by atoms with E-state index >= 15 is 0 Å². The van der Waals surface area contributed by atoms with Crippen LogP contribution in [0, 0.1) is 5.92 Å². The molecule has 6 heteroatoms. The Hall–Kier alpha value is -1.24. The molecule has 2 aromatic rings. The predicted octanol–water partition coefficient (Wildman–Crippen LogP) is 2.36. The maximum atomic E-state index is 9.62. The van der Waals surface area contributed by atoms with Gasteiger partial charge in [0.25, 0.3) is 0 Å². The van der Waals surface area contributed by atoms with Crippen LogP contribution in [0.4, 0.5) is 5.82 Å². The smallest absolute Gasteiger partial charge is 0.146 e. The van der Waals surface area contributed by atoms with Crippen molar-refractivity contribution >= 4 is 27.4 Å². The van der Waals surface area contributed by atoms with Crippen molar-refractivity contribution in [3.05, 3.63) is 16.3 Å². The molecule has 3 heterocycles. The summed E-state index contributed by atoms with van der Waals surface area (Å²) in [7, 11) is 0. The molecule has 23 heavy (non-hydrogen) atoms. The van der Waals surface area contributed by atoms with E-state index in [1.807, 2.05) is 0 Å². The van der Waals surface area contributed by atoms with Crippen molar-refractivity contribution in [3.8, 4) is 0 Å². The summed E-state index contributed by atoms with van der Waals surface area (Å²) in [6, 6.07) is 0. The Morgan fingerprint density at radius 1 is 1.26 bits per heavy atom. The van der Waals surface area contributed by atoms with Gasteiger partial charge in [-0.1, -0.05) is 6.92 Å². The highest BCUT2D eigenvalue weighted by Crippen LogP contribution is 2.39. The van der Waals surface area contributed by atoms with Gasteiger partial charge in [-0.25, -0.2) is 9.97 Å². The maximum Gasteiger partial charge on any atom is 0.146 e. The molecule has 0 spiro atoms. The minimum absolute atomic E-state index is 0.147. The first kappa shape index (κ1) is 15.3. The fourth-order valence-corrected chi connectivity index (χ4v) is 5.17. The number of hydrogen-bond donors (Lipinski definition) is 2. The molecule has 4 rings (SSSR count). The van der Waals surface area contributed by atoms with Gasteiger partial charge < -0.3 is 10.8 Å². The van der Waals surface area contributed by atoms with Crippen LogP contribution < -0.4 is 5.73 Å². The Morgan fingerprint density at radius 2 is 2.04 bits per heavy atom. The van der Waals surface area contributed by atoms with Gasteiger partial charge >= 0.3 is 0 Å². The number of aromatic nitrogens is 2. The summed E-state index contributed by atoms with van der Waals surface area (Å²) in [6.45, 7) is 4.85. The molecule has 0 saturated carbocycles. The standard InChI is InChI=1S/C17H24N4OS/c1-10-2-3-12-13(8-10)23-17-15(12)16(18)19-14(20-17)9-21-6-4-11(22)5-7-21/h10-11,22H,2-9H2,1H3,(H2,18,19,20). The Morgan fingerprint density at radius 3 is 2.83 bits per heavy atom. The predicted molar refractivity (Wildman–Crippen MR) is 93.5 cm³/mol. The average molecular weight is 332 g/mol. The molecule has 1 fully saturated rings. The van der Waals surface area contributed by atoms with Gasteiger partial charge in [-0.3, -0.25) is 4.90 Å². The molecule has 3 N–H and O–H groups in total. The number of fused-ring (bicyclic) bond motifs is 3. The van der Waals surface area contributed by atoms with E-state index in [4.69, 9.17) is 10.7 Å². The van der Waals surface area contributed by atoms with Crippen LogP contribution in [0.1, 0.15) is 42.5 Å². The summed E-state index contributed by atoms with van der Waals surface area (Å²) in [5.74, 6) is 2.22. The van der Waals surface area contributed by atoms with Crippen molar-refractivity contribution in [2.24, 2.45) is 5.92 Å². The molecule has 1 saturated heterocycles. The second-order valence-electron chi connectivity index (χ2n) is 7.06. The number of thiophene rings is 1. The van der Waals surface area contributed by atoms with Crippen LogP contribution >= 0.6 is 11.3 Å². The molecule has 1 aliphatic heterocycles. The second kappa shape index (κ2) is 6.00. The molecule has 1 unspecified atom stereocenters. The van der Waals surface area contributed by atoms with Crippen LogP contribution in [0.25, 0.3) is 10.2 Å². The lowest BCUT2D eigenvalue weighted by Crippen LogP contribution is -2.35. The third-order valence-corrected chi connectivity index (χ3v) is 6.30. The number of nitrogen functional groups attached to an aromatic ring is 1. The van der Waals surface area contributed by atoms with Crippen LogP contribution in [-0.2, 0) is 19.4 Å². The molecule has 5 nitrogen and oxygen atoms in total. The quantitative estimate of drug-likeness (QED) is 0.883. The minimum Gasteiger partial charge on any atom is -0.393 e. The van der Waals surface area contributed by atoms with Crippen LogP contribution in [0.3, 0.4) is 0 Å². The van der Waals surface area contributed by atoms with E-state index in [0.717, 1.165) is 67.3 Å². The molecule has 2 aromatic heterocycles. The number of piperidine rings is 1. The number of hydrogen-bond acceptors (Lipinski definition) is 6. The van der Waals surface area contributed by atoms with E-state index in [1.165, 1.54) is 16.9 Å². The van der Waals surface area contributed by atoms with Crippen molar-refractivity contribution in [1.29, 1.82) is 0 Å². The fraction of sp³-hybridized carbons (Fsp3) is 0.647. The maximum absolute atomic E-state index is 9.62. The largest absolute Gasteiger partial charge is 0.393 e. The summed E-state index contributed by atoms with van der Waals surface area (Å²) >= 11 is 1.80. The number of aliphatic hydroxyl groups is 1. The van der Waals surface area contributed by atoms with Gasteiger partial charge in [-0.15, -0.1) is 11.3 Å². The third kappa shape index (κ3) is 2.95. The number of anilines is 1. The molecule has 0 bridgehead atoms. The lowest BCUT2D eigenvalue weighted by Gasteiger charge is -2.28. The van der Waals surface area contributed by atoms with Gasteiger partial charge in [-0.2, -0.15) is 0 Å². The van der Waals surface area contributed by atoms with Gasteiger partial charge in [-0.05, 0) is 43.6 Å². The zero-order chi connectivity index (χ0) is 16.0. The van der Waals surface area contributed by atoms with Crippen molar-refractivity contribution in [3.63, 3.8) is 0 Å². The van der Waals surface area contributed by atoms with Crippen LogP contribution in [0.15, 0.2) is 0 Å². The van der Waals surface area contributed by atoms with E-state index < -0.39 is 0 Å². The molecule has 0 amide bonds. The number of aliphatic hydroxyl groups excluding tert-OH is 1. The van der Waals surface area contributed by atoms with Crippen molar-refractivity contribution in [2.45, 2.75) is 51.7 Å². The molecular formula is C17H24N4OS. The zero-order valence-corrected chi connectivity index (χ0v) is 14.4. The summed E-state index contributed by atoms with van der Waals surface area (Å²) in [5.41, 5.74) is 7.68. The molecule has 1 atom stereocenters. The average Bonchev–Trinajstić information content (AvgIpc) is 2.87. The zero-order valence-electron chi connectivity index (χ0n) is 13.6. The topological polar surface area (TPSA) is 75.3 Å². The summed E-state index contributed by atoms with van der Waals surface area (Å²) in [4.78, 5) is 14.2. The Balaban J connectivity index is 1.62. The number of nitrogens with two attached hydrogens (primary N) is 1. The fourth-order valence-electron chi connectivity index (χ4n) is 3.76. The molecule has 2 aliphatic rings. The highest BCUT2D eigenvalue weighted by molar-refractivity contribution is 7.19. The Kier molecular flexibility index (Phi) is 3.99. The molecule has 0 radical (unpaired) electrons. The normalized spacial score (nSPS) is 23.3. The first-order chi connectivity index (χ1) is 11.1. The first-order valence-electron chi connectivity index (χ1n) is 8.57. The van der Waals surface area contributed by atoms with Crippen LogP contribution in [0.2, 0.25) is 0 Å². The van der Waals surface area contributed by atoms with E-state index in [0.29, 0.717) is 5.82 Å². The SMILES string of the molecule is CC1CCc2c(sc3nc(CN4CCC(O)CC4)nc(N)c23)C1. The summed E-state index contributed by atoms with van der Waals surface area (Å²) in [5, 5.41) is 10.7. The van der Waals surface area contributed by atoms with Crippen molar-refractivity contribution < 1.29 is 5.11 Å². The number of likely N-dealkylation sites (tertiary alicyclic amines) is 1.